The van der Waals surface area contributed by atoms with Gasteiger partial charge in [0.15, 0.2) is 0 Å². The summed E-state index contributed by atoms with van der Waals surface area (Å²) in [7, 11) is 0. The maximum atomic E-state index is 9.34. The summed E-state index contributed by atoms with van der Waals surface area (Å²) < 4.78 is 4.77. The first-order valence-electron chi connectivity index (χ1n) is 4.58. The first-order valence-corrected chi connectivity index (χ1v) is 4.58. The van der Waals surface area contributed by atoms with Crippen LogP contribution in [0.5, 0.6) is 0 Å². The molecule has 1 aromatic rings. The lowest BCUT2D eigenvalue weighted by Gasteiger charge is -2.33. The molecule has 4 heteroatoms. The highest BCUT2D eigenvalue weighted by Crippen LogP contribution is 2.33. The lowest BCUT2D eigenvalue weighted by atomic mass is 9.79. The fourth-order valence-electron chi connectivity index (χ4n) is 1.84. The Kier molecular flexibility index (Phi) is 2.09. The number of hydrogen-bond acceptors (Lipinski definition) is 4. The molecule has 1 saturated carbocycles. The average molecular weight is 182 g/mol. The molecule has 1 aliphatic carbocycles. The lowest BCUT2D eigenvalue weighted by molar-refractivity contribution is 0.0944. The molecule has 0 amide bonds. The van der Waals surface area contributed by atoms with Crippen LogP contribution in [0.15, 0.2) is 16.9 Å². The Hall–Kier alpha value is -0.870. The van der Waals surface area contributed by atoms with Crippen molar-refractivity contribution in [1.29, 1.82) is 0 Å². The van der Waals surface area contributed by atoms with E-state index in [-0.39, 0.29) is 11.6 Å². The highest BCUT2D eigenvalue weighted by atomic mass is 16.5. The van der Waals surface area contributed by atoms with Gasteiger partial charge in [-0.3, -0.25) is 0 Å². The molecule has 1 heterocycles. The van der Waals surface area contributed by atoms with E-state index in [2.05, 4.69) is 5.16 Å². The highest BCUT2D eigenvalue weighted by molar-refractivity contribution is 5.12. The Bertz CT molecular complexity index is 263. The Labute approximate surface area is 76.7 Å². The summed E-state index contributed by atoms with van der Waals surface area (Å²) >= 11 is 0. The number of rotatable bonds is 1. The topological polar surface area (TPSA) is 72.3 Å². The van der Waals surface area contributed by atoms with Crippen molar-refractivity contribution in [2.24, 2.45) is 5.73 Å². The monoisotopic (exact) mass is 182 g/mol. The summed E-state index contributed by atoms with van der Waals surface area (Å²) in [6, 6.07) is 1.80. The van der Waals surface area contributed by atoms with Crippen LogP contribution in [-0.4, -0.2) is 16.4 Å². The van der Waals surface area contributed by atoms with E-state index in [1.807, 2.05) is 0 Å². The van der Waals surface area contributed by atoms with Crippen LogP contribution in [0.3, 0.4) is 0 Å². The van der Waals surface area contributed by atoms with Gasteiger partial charge in [-0.25, -0.2) is 0 Å². The minimum atomic E-state index is -0.383. The van der Waals surface area contributed by atoms with E-state index >= 15 is 0 Å². The summed E-state index contributed by atoms with van der Waals surface area (Å²) in [4.78, 5) is 0. The third-order valence-electron chi connectivity index (χ3n) is 2.80. The van der Waals surface area contributed by atoms with E-state index in [1.54, 1.807) is 6.07 Å². The molecule has 1 aromatic heterocycles. The van der Waals surface area contributed by atoms with Gasteiger partial charge in [-0.2, -0.15) is 0 Å². The van der Waals surface area contributed by atoms with Crippen molar-refractivity contribution in [2.45, 2.75) is 37.3 Å². The Morgan fingerprint density at radius 3 is 2.77 bits per heavy atom. The maximum Gasteiger partial charge on any atom is 0.124 e. The average Bonchev–Trinajstić information content (AvgIpc) is 2.63. The van der Waals surface area contributed by atoms with Crippen LogP contribution in [0, 0.1) is 0 Å². The molecule has 3 N–H and O–H groups in total. The van der Waals surface area contributed by atoms with E-state index in [0.29, 0.717) is 0 Å². The smallest absolute Gasteiger partial charge is 0.124 e. The molecule has 4 nitrogen and oxygen atoms in total. The van der Waals surface area contributed by atoms with Gasteiger partial charge in [0.25, 0.3) is 0 Å². The number of aromatic nitrogens is 1. The van der Waals surface area contributed by atoms with E-state index < -0.39 is 0 Å². The zero-order chi connectivity index (χ0) is 9.31. The van der Waals surface area contributed by atoms with Crippen molar-refractivity contribution in [3.63, 3.8) is 0 Å². The standard InChI is InChI=1S/C9H14N2O2/c10-9(8-3-6-13-11-8)4-1-7(12)2-5-9/h3,6-7,12H,1-2,4-5,10H2. The molecule has 0 aliphatic heterocycles. The van der Waals surface area contributed by atoms with Gasteiger partial charge < -0.3 is 15.4 Å². The third-order valence-corrected chi connectivity index (χ3v) is 2.80. The molecule has 72 valence electrons. The molecular weight excluding hydrogens is 168 g/mol. The summed E-state index contributed by atoms with van der Waals surface area (Å²) in [5.41, 5.74) is 6.58. The number of aliphatic hydroxyl groups is 1. The first-order chi connectivity index (χ1) is 6.21. The third kappa shape index (κ3) is 1.59. The zero-order valence-electron chi connectivity index (χ0n) is 7.44. The minimum absolute atomic E-state index is 0.191. The van der Waals surface area contributed by atoms with Gasteiger partial charge in [-0.15, -0.1) is 0 Å². The van der Waals surface area contributed by atoms with E-state index in [1.165, 1.54) is 6.26 Å². The van der Waals surface area contributed by atoms with Gasteiger partial charge in [-0.1, -0.05) is 5.16 Å². The molecule has 1 fully saturated rings. The van der Waals surface area contributed by atoms with Gasteiger partial charge >= 0.3 is 0 Å². The lowest BCUT2D eigenvalue weighted by Crippen LogP contribution is -2.41. The number of nitrogens with two attached hydrogens (primary N) is 1. The van der Waals surface area contributed by atoms with Crippen molar-refractivity contribution in [1.82, 2.24) is 5.16 Å². The Balaban J connectivity index is 2.13. The van der Waals surface area contributed by atoms with Gasteiger partial charge in [0.05, 0.1) is 11.6 Å². The van der Waals surface area contributed by atoms with Crippen LogP contribution in [0.4, 0.5) is 0 Å². The van der Waals surface area contributed by atoms with Crippen LogP contribution in [-0.2, 0) is 5.54 Å². The van der Waals surface area contributed by atoms with Crippen LogP contribution in [0.1, 0.15) is 31.4 Å². The summed E-state index contributed by atoms with van der Waals surface area (Å²) in [6.45, 7) is 0. The molecule has 13 heavy (non-hydrogen) atoms. The van der Waals surface area contributed by atoms with Crippen molar-refractivity contribution >= 4 is 0 Å². The van der Waals surface area contributed by atoms with Crippen LogP contribution < -0.4 is 5.73 Å². The van der Waals surface area contributed by atoms with Crippen molar-refractivity contribution in [3.05, 3.63) is 18.0 Å². The largest absolute Gasteiger partial charge is 0.393 e. The predicted molar refractivity (Wildman–Crippen MR) is 46.8 cm³/mol. The number of aliphatic hydroxyl groups excluding tert-OH is 1. The molecule has 0 aromatic carbocycles. The SMILES string of the molecule is NC1(c2ccon2)CCC(O)CC1. The summed E-state index contributed by atoms with van der Waals surface area (Å²) in [5, 5.41) is 13.2. The number of hydrogen-bond donors (Lipinski definition) is 2. The molecule has 0 unspecified atom stereocenters. The first kappa shape index (κ1) is 8.72. The van der Waals surface area contributed by atoms with Gasteiger partial charge in [-0.05, 0) is 25.7 Å². The Morgan fingerprint density at radius 1 is 1.54 bits per heavy atom. The fourth-order valence-corrected chi connectivity index (χ4v) is 1.84. The van der Waals surface area contributed by atoms with E-state index in [9.17, 15) is 5.11 Å². The Morgan fingerprint density at radius 2 is 2.23 bits per heavy atom. The normalized spacial score (nSPS) is 34.8. The maximum absolute atomic E-state index is 9.34. The highest BCUT2D eigenvalue weighted by Gasteiger charge is 2.34. The molecule has 0 bridgehead atoms. The van der Waals surface area contributed by atoms with Crippen molar-refractivity contribution in [2.75, 3.05) is 0 Å². The van der Waals surface area contributed by atoms with Gasteiger partial charge in [0, 0.05) is 6.07 Å². The molecule has 0 saturated heterocycles. The summed E-state index contributed by atoms with van der Waals surface area (Å²) in [5.74, 6) is 0. The van der Waals surface area contributed by atoms with Crippen LogP contribution in [0.25, 0.3) is 0 Å². The molecule has 1 aliphatic rings. The zero-order valence-corrected chi connectivity index (χ0v) is 7.44. The van der Waals surface area contributed by atoms with Crippen LogP contribution in [0.2, 0.25) is 0 Å². The molecule has 0 atom stereocenters. The predicted octanol–water partition coefficient (Wildman–Crippen LogP) is 0.764. The second kappa shape index (κ2) is 3.12. The molecule has 2 rings (SSSR count). The van der Waals surface area contributed by atoms with Gasteiger partial charge in [0.2, 0.25) is 0 Å². The van der Waals surface area contributed by atoms with Crippen molar-refractivity contribution in [3.8, 4) is 0 Å². The second-order valence-corrected chi connectivity index (χ2v) is 3.77. The quantitative estimate of drug-likeness (QED) is 0.672. The van der Waals surface area contributed by atoms with E-state index in [4.69, 9.17) is 10.3 Å². The second-order valence-electron chi connectivity index (χ2n) is 3.77. The van der Waals surface area contributed by atoms with Crippen molar-refractivity contribution < 1.29 is 9.63 Å². The summed E-state index contributed by atoms with van der Waals surface area (Å²) in [6.07, 6.45) is 4.41. The minimum Gasteiger partial charge on any atom is -0.393 e. The van der Waals surface area contributed by atoms with Gasteiger partial charge in [0.1, 0.15) is 12.0 Å². The van der Waals surface area contributed by atoms with Crippen LogP contribution >= 0.6 is 0 Å². The molecule has 0 spiro atoms. The molecular formula is C9H14N2O2. The van der Waals surface area contributed by atoms with E-state index in [0.717, 1.165) is 31.4 Å². The molecule has 0 radical (unpaired) electrons. The number of nitrogens with zero attached hydrogens (tertiary/aromatic N) is 1. The fraction of sp³-hybridized carbons (Fsp3) is 0.667.